The van der Waals surface area contributed by atoms with Gasteiger partial charge in [0.15, 0.2) is 10.8 Å². The van der Waals surface area contributed by atoms with Crippen molar-refractivity contribution < 1.29 is 12.9 Å². The van der Waals surface area contributed by atoms with Crippen molar-refractivity contribution in [2.75, 3.05) is 0 Å². The molecule has 0 N–H and O–H groups in total. The fourth-order valence-electron chi connectivity index (χ4n) is 1.41. The van der Waals surface area contributed by atoms with Crippen LogP contribution in [0.3, 0.4) is 0 Å². The first kappa shape index (κ1) is 13.0. The first-order valence-electron chi connectivity index (χ1n) is 5.31. The summed E-state index contributed by atoms with van der Waals surface area (Å²) in [6.45, 7) is 1.91. The van der Waals surface area contributed by atoms with Gasteiger partial charge in [0.2, 0.25) is 9.84 Å². The zero-order valence-corrected chi connectivity index (χ0v) is 11.2. The quantitative estimate of drug-likeness (QED) is 0.806. The topological polar surface area (TPSA) is 73.1 Å². The average Bonchev–Trinajstić information content (AvgIpc) is 2.76. The summed E-state index contributed by atoms with van der Waals surface area (Å²) in [7, 11) is -3.56. The number of aryl methyl sites for hydroxylation is 1. The van der Waals surface area contributed by atoms with Crippen molar-refractivity contribution >= 4 is 21.4 Å². The highest BCUT2D eigenvalue weighted by Gasteiger charge is 2.20. The fourth-order valence-corrected chi connectivity index (χ4v) is 2.81. The highest BCUT2D eigenvalue weighted by atomic mass is 35.5. The summed E-state index contributed by atoms with van der Waals surface area (Å²) in [4.78, 5) is 3.78. The van der Waals surface area contributed by atoms with Gasteiger partial charge in [-0.05, 0) is 18.6 Å². The van der Waals surface area contributed by atoms with Crippen molar-refractivity contribution in [3.63, 3.8) is 0 Å². The predicted molar refractivity (Wildman–Crippen MR) is 66.0 cm³/mol. The summed E-state index contributed by atoms with van der Waals surface area (Å²) in [6, 6.07) is 6.09. The minimum Gasteiger partial charge on any atom is -0.360 e. The Morgan fingerprint density at radius 3 is 2.78 bits per heavy atom. The second-order valence-electron chi connectivity index (χ2n) is 3.70. The van der Waals surface area contributed by atoms with Crippen molar-refractivity contribution in [3.05, 3.63) is 40.9 Å². The highest BCUT2D eigenvalue weighted by molar-refractivity contribution is 7.90. The molecular formula is C11H11ClN2O3S. The second-order valence-corrected chi connectivity index (χ2v) is 6.02. The van der Waals surface area contributed by atoms with Crippen molar-refractivity contribution in [1.82, 2.24) is 10.1 Å². The molecule has 7 heteroatoms. The van der Waals surface area contributed by atoms with Gasteiger partial charge in [0.05, 0.1) is 5.69 Å². The fraction of sp³-hybridized carbons (Fsp3) is 0.273. The lowest BCUT2D eigenvalue weighted by molar-refractivity contribution is 0.386. The molecule has 0 saturated heterocycles. The third-order valence-electron chi connectivity index (χ3n) is 2.31. The molecule has 0 fully saturated rings. The molecule has 5 nitrogen and oxygen atoms in total. The maximum Gasteiger partial charge on any atom is 0.203 e. The molecule has 0 aliphatic heterocycles. The smallest absolute Gasteiger partial charge is 0.203 e. The van der Waals surface area contributed by atoms with E-state index < -0.39 is 9.84 Å². The van der Waals surface area contributed by atoms with Crippen molar-refractivity contribution in [1.29, 1.82) is 0 Å². The van der Waals surface area contributed by atoms with E-state index in [-0.39, 0.29) is 15.9 Å². The lowest BCUT2D eigenvalue weighted by Crippen LogP contribution is -2.06. The van der Waals surface area contributed by atoms with Crippen LogP contribution in [0.1, 0.15) is 18.4 Å². The monoisotopic (exact) mass is 286 g/mol. The number of halogens is 1. The molecule has 0 atom stereocenters. The molecule has 18 heavy (non-hydrogen) atoms. The van der Waals surface area contributed by atoms with Crippen LogP contribution in [0.4, 0.5) is 0 Å². The van der Waals surface area contributed by atoms with Gasteiger partial charge < -0.3 is 4.52 Å². The number of rotatable bonds is 4. The molecule has 0 aromatic carbocycles. The van der Waals surface area contributed by atoms with E-state index in [9.17, 15) is 8.42 Å². The van der Waals surface area contributed by atoms with Gasteiger partial charge in [0.1, 0.15) is 10.9 Å². The highest BCUT2D eigenvalue weighted by Crippen LogP contribution is 2.17. The van der Waals surface area contributed by atoms with Gasteiger partial charge in [-0.15, -0.1) is 0 Å². The summed E-state index contributed by atoms with van der Waals surface area (Å²) in [5, 5.41) is 3.82. The van der Waals surface area contributed by atoms with Crippen LogP contribution >= 0.6 is 11.6 Å². The van der Waals surface area contributed by atoms with Gasteiger partial charge in [-0.3, -0.25) is 0 Å². The SMILES string of the molecule is CCc1cc(CS(=O)(=O)c2cccc(Cl)n2)on1. The van der Waals surface area contributed by atoms with E-state index in [1.54, 1.807) is 12.1 Å². The Balaban J connectivity index is 2.27. The van der Waals surface area contributed by atoms with Crippen LogP contribution in [0, 0.1) is 0 Å². The molecule has 96 valence electrons. The molecule has 0 amide bonds. The third kappa shape index (κ3) is 2.88. The molecule has 0 aliphatic rings. The Bertz CT molecular complexity index is 652. The van der Waals surface area contributed by atoms with Crippen molar-refractivity contribution in [2.24, 2.45) is 0 Å². The minimum absolute atomic E-state index is 0.0653. The maximum absolute atomic E-state index is 12.0. The van der Waals surface area contributed by atoms with E-state index in [2.05, 4.69) is 10.1 Å². The summed E-state index contributed by atoms with van der Waals surface area (Å²) in [6.07, 6.45) is 0.693. The average molecular weight is 287 g/mol. The van der Waals surface area contributed by atoms with Crippen LogP contribution in [-0.4, -0.2) is 18.6 Å². The molecule has 0 radical (unpaired) electrons. The molecule has 2 aromatic heterocycles. The van der Waals surface area contributed by atoms with Gasteiger partial charge in [0, 0.05) is 6.07 Å². The standard InChI is InChI=1S/C11H11ClN2O3S/c1-2-8-6-9(17-14-8)7-18(15,16)11-5-3-4-10(12)13-11/h3-6H,2,7H2,1H3. The van der Waals surface area contributed by atoms with E-state index in [1.807, 2.05) is 6.92 Å². The maximum atomic E-state index is 12.0. The normalized spacial score (nSPS) is 11.7. The van der Waals surface area contributed by atoms with Crippen LogP contribution in [-0.2, 0) is 22.0 Å². The van der Waals surface area contributed by atoms with Gasteiger partial charge in [-0.25, -0.2) is 13.4 Å². The minimum atomic E-state index is -3.56. The van der Waals surface area contributed by atoms with E-state index in [0.29, 0.717) is 12.2 Å². The van der Waals surface area contributed by atoms with Crippen molar-refractivity contribution in [3.8, 4) is 0 Å². The number of hydrogen-bond donors (Lipinski definition) is 0. The van der Waals surface area contributed by atoms with Crippen LogP contribution in [0.15, 0.2) is 33.8 Å². The van der Waals surface area contributed by atoms with Gasteiger partial charge in [0.25, 0.3) is 0 Å². The zero-order valence-electron chi connectivity index (χ0n) is 9.63. The Kier molecular flexibility index (Phi) is 3.68. The van der Waals surface area contributed by atoms with E-state index in [0.717, 1.165) is 5.69 Å². The summed E-state index contributed by atoms with van der Waals surface area (Å²) < 4.78 is 29.0. The van der Waals surface area contributed by atoms with E-state index >= 15 is 0 Å². The molecule has 0 bridgehead atoms. The van der Waals surface area contributed by atoms with Crippen molar-refractivity contribution in [2.45, 2.75) is 24.1 Å². The number of sulfone groups is 1. The molecule has 2 aromatic rings. The summed E-state index contributed by atoms with van der Waals surface area (Å²) in [5.74, 6) is 0.0292. The number of aromatic nitrogens is 2. The summed E-state index contributed by atoms with van der Waals surface area (Å²) in [5.41, 5.74) is 0.722. The zero-order chi connectivity index (χ0) is 13.2. The van der Waals surface area contributed by atoms with Crippen LogP contribution in [0.5, 0.6) is 0 Å². The Hall–Kier alpha value is -1.40. The largest absolute Gasteiger partial charge is 0.360 e. The number of hydrogen-bond acceptors (Lipinski definition) is 5. The molecule has 0 spiro atoms. The van der Waals surface area contributed by atoms with E-state index in [4.69, 9.17) is 16.1 Å². The van der Waals surface area contributed by atoms with E-state index in [1.165, 1.54) is 12.1 Å². The summed E-state index contributed by atoms with van der Waals surface area (Å²) >= 11 is 5.67. The lowest BCUT2D eigenvalue weighted by atomic mass is 10.3. The first-order valence-corrected chi connectivity index (χ1v) is 7.34. The van der Waals surface area contributed by atoms with Crippen LogP contribution in [0.25, 0.3) is 0 Å². The number of nitrogens with zero attached hydrogens (tertiary/aromatic N) is 2. The van der Waals surface area contributed by atoms with Gasteiger partial charge in [-0.1, -0.05) is 29.7 Å². The lowest BCUT2D eigenvalue weighted by Gasteiger charge is -2.00. The first-order chi connectivity index (χ1) is 8.51. The van der Waals surface area contributed by atoms with Crippen LogP contribution < -0.4 is 0 Å². The molecule has 2 rings (SSSR count). The predicted octanol–water partition coefficient (Wildman–Crippen LogP) is 2.26. The van der Waals surface area contributed by atoms with Gasteiger partial charge >= 0.3 is 0 Å². The van der Waals surface area contributed by atoms with Crippen LogP contribution in [0.2, 0.25) is 5.15 Å². The molecule has 0 aliphatic carbocycles. The molecule has 2 heterocycles. The third-order valence-corrected chi connectivity index (χ3v) is 4.05. The van der Waals surface area contributed by atoms with Gasteiger partial charge in [-0.2, -0.15) is 0 Å². The Labute approximate surface area is 110 Å². The Morgan fingerprint density at radius 1 is 1.39 bits per heavy atom. The number of pyridine rings is 1. The molecular weight excluding hydrogens is 276 g/mol. The molecule has 0 unspecified atom stereocenters. The second kappa shape index (κ2) is 5.07. The Morgan fingerprint density at radius 2 is 2.17 bits per heavy atom. The molecule has 0 saturated carbocycles.